The molecule has 0 amide bonds. The summed E-state index contributed by atoms with van der Waals surface area (Å²) in [6.45, 7) is 3.25. The van der Waals surface area contributed by atoms with Gasteiger partial charge in [0, 0.05) is 18.0 Å². The second-order valence-corrected chi connectivity index (χ2v) is 6.53. The molecule has 0 unspecified atom stereocenters. The molecule has 0 saturated carbocycles. The van der Waals surface area contributed by atoms with Crippen LogP contribution >= 0.6 is 11.3 Å². The van der Waals surface area contributed by atoms with Crippen LogP contribution in [0.4, 0.5) is 0 Å². The summed E-state index contributed by atoms with van der Waals surface area (Å²) in [4.78, 5) is 19.3. The molecule has 1 N–H and O–H groups in total. The average Bonchev–Trinajstić information content (AvgIpc) is 3.09. The Labute approximate surface area is 120 Å². The normalized spacial score (nSPS) is 22.3. The summed E-state index contributed by atoms with van der Waals surface area (Å²) in [5, 5.41) is 4.19. The summed E-state index contributed by atoms with van der Waals surface area (Å²) in [5.74, 6) is 0. The van der Waals surface area contributed by atoms with Gasteiger partial charge in [-0.2, -0.15) is 0 Å². The fourth-order valence-corrected chi connectivity index (χ4v) is 4.24. The maximum atomic E-state index is 12.7. The van der Waals surface area contributed by atoms with Gasteiger partial charge in [-0.15, -0.1) is 11.3 Å². The summed E-state index contributed by atoms with van der Waals surface area (Å²) in [6.07, 6.45) is 4.91. The molecular formula is C14H17N3O2S. The molecule has 4 heterocycles. The van der Waals surface area contributed by atoms with Crippen LogP contribution in [0.5, 0.6) is 0 Å². The van der Waals surface area contributed by atoms with Gasteiger partial charge < -0.3 is 10.1 Å². The minimum absolute atomic E-state index is 0.102. The van der Waals surface area contributed by atoms with Gasteiger partial charge in [0.2, 0.25) is 0 Å². The number of hydrogen-bond donors (Lipinski definition) is 1. The van der Waals surface area contributed by atoms with Crippen LogP contribution in [0.2, 0.25) is 0 Å². The maximum absolute atomic E-state index is 12.7. The maximum Gasteiger partial charge on any atom is 0.262 e. The Kier molecular flexibility index (Phi) is 3.09. The molecule has 1 fully saturated rings. The highest BCUT2D eigenvalue weighted by Crippen LogP contribution is 2.29. The second-order valence-electron chi connectivity index (χ2n) is 5.45. The van der Waals surface area contributed by atoms with Crippen LogP contribution < -0.4 is 10.9 Å². The molecule has 106 valence electrons. The summed E-state index contributed by atoms with van der Waals surface area (Å²) in [7, 11) is 0. The highest BCUT2D eigenvalue weighted by atomic mass is 32.1. The van der Waals surface area contributed by atoms with Crippen LogP contribution in [0.1, 0.15) is 23.3 Å². The van der Waals surface area contributed by atoms with Crippen LogP contribution in [0.3, 0.4) is 0 Å². The average molecular weight is 291 g/mol. The molecule has 4 rings (SSSR count). The Bertz CT molecular complexity index is 700. The molecule has 6 heteroatoms. The molecule has 0 radical (unpaired) electrons. The van der Waals surface area contributed by atoms with Crippen LogP contribution in [-0.2, 0) is 24.2 Å². The van der Waals surface area contributed by atoms with E-state index >= 15 is 0 Å². The highest BCUT2D eigenvalue weighted by Gasteiger charge is 2.21. The van der Waals surface area contributed by atoms with E-state index in [4.69, 9.17) is 4.74 Å². The lowest BCUT2D eigenvalue weighted by Gasteiger charge is -2.13. The Morgan fingerprint density at radius 2 is 2.50 bits per heavy atom. The monoisotopic (exact) mass is 291 g/mol. The van der Waals surface area contributed by atoms with Crippen LogP contribution in [0.15, 0.2) is 11.1 Å². The quantitative estimate of drug-likeness (QED) is 0.905. The van der Waals surface area contributed by atoms with Crippen molar-refractivity contribution in [2.75, 3.05) is 13.2 Å². The van der Waals surface area contributed by atoms with E-state index in [2.05, 4.69) is 10.3 Å². The summed E-state index contributed by atoms with van der Waals surface area (Å²) >= 11 is 1.65. The zero-order valence-electron chi connectivity index (χ0n) is 11.2. The van der Waals surface area contributed by atoms with Crippen LogP contribution in [0, 0.1) is 0 Å². The number of ether oxygens (including phenoxy) is 1. The zero-order chi connectivity index (χ0) is 13.5. The van der Waals surface area contributed by atoms with E-state index in [1.54, 1.807) is 22.2 Å². The van der Waals surface area contributed by atoms with Crippen molar-refractivity contribution in [3.05, 3.63) is 27.1 Å². The van der Waals surface area contributed by atoms with Gasteiger partial charge >= 0.3 is 0 Å². The molecule has 0 spiro atoms. The summed E-state index contributed by atoms with van der Waals surface area (Å²) in [5.41, 5.74) is 1.31. The molecule has 20 heavy (non-hydrogen) atoms. The van der Waals surface area contributed by atoms with E-state index in [9.17, 15) is 4.79 Å². The topological polar surface area (TPSA) is 56.2 Å². The zero-order valence-corrected chi connectivity index (χ0v) is 12.0. The molecule has 0 aromatic carbocycles. The number of nitrogens with zero attached hydrogens (tertiary/aromatic N) is 2. The van der Waals surface area contributed by atoms with Crippen molar-refractivity contribution in [2.24, 2.45) is 0 Å². The van der Waals surface area contributed by atoms with Gasteiger partial charge in [-0.3, -0.25) is 9.36 Å². The van der Waals surface area contributed by atoms with Crippen molar-refractivity contribution in [1.29, 1.82) is 0 Å². The SMILES string of the molecule is O=c1c2c3c(sc2ncn1C[C@H]1CCCO1)CNCC3. The first-order valence-corrected chi connectivity index (χ1v) is 7.96. The number of aromatic nitrogens is 2. The highest BCUT2D eigenvalue weighted by molar-refractivity contribution is 7.18. The predicted octanol–water partition coefficient (Wildman–Crippen LogP) is 1.28. The van der Waals surface area contributed by atoms with Gasteiger partial charge in [0.15, 0.2) is 0 Å². The van der Waals surface area contributed by atoms with E-state index in [1.165, 1.54) is 10.4 Å². The summed E-state index contributed by atoms with van der Waals surface area (Å²) < 4.78 is 7.35. The molecule has 2 aliphatic rings. The lowest BCUT2D eigenvalue weighted by Crippen LogP contribution is -2.28. The van der Waals surface area contributed by atoms with E-state index < -0.39 is 0 Å². The minimum atomic E-state index is 0.102. The standard InChI is InChI=1S/C14H17N3O2S/c18-14-12-10-3-4-15-6-11(10)20-13(12)16-8-17(14)7-9-2-1-5-19-9/h8-9,15H,1-7H2/t9-/m1/s1. The Morgan fingerprint density at radius 1 is 1.55 bits per heavy atom. The molecule has 1 saturated heterocycles. The van der Waals surface area contributed by atoms with Crippen molar-refractivity contribution in [3.8, 4) is 0 Å². The first-order chi connectivity index (χ1) is 9.83. The van der Waals surface area contributed by atoms with E-state index in [0.717, 1.165) is 49.2 Å². The Balaban J connectivity index is 1.79. The number of fused-ring (bicyclic) bond motifs is 3. The van der Waals surface area contributed by atoms with Gasteiger partial charge in [-0.25, -0.2) is 4.98 Å². The largest absolute Gasteiger partial charge is 0.376 e. The summed E-state index contributed by atoms with van der Waals surface area (Å²) in [6, 6.07) is 0. The van der Waals surface area contributed by atoms with Crippen LogP contribution in [-0.4, -0.2) is 28.8 Å². The van der Waals surface area contributed by atoms with E-state index in [0.29, 0.717) is 6.54 Å². The molecule has 2 aliphatic heterocycles. The predicted molar refractivity (Wildman–Crippen MR) is 78.3 cm³/mol. The lowest BCUT2D eigenvalue weighted by atomic mass is 10.1. The molecule has 0 bridgehead atoms. The van der Waals surface area contributed by atoms with Gasteiger partial charge in [-0.05, 0) is 31.4 Å². The smallest absolute Gasteiger partial charge is 0.262 e. The Morgan fingerprint density at radius 3 is 3.35 bits per heavy atom. The number of nitrogens with one attached hydrogen (secondary N) is 1. The Hall–Kier alpha value is -1.24. The van der Waals surface area contributed by atoms with E-state index in [-0.39, 0.29) is 11.7 Å². The fraction of sp³-hybridized carbons (Fsp3) is 0.571. The number of rotatable bonds is 2. The number of hydrogen-bond acceptors (Lipinski definition) is 5. The molecule has 2 aromatic heterocycles. The van der Waals surface area contributed by atoms with Gasteiger partial charge in [0.1, 0.15) is 4.83 Å². The fourth-order valence-electron chi connectivity index (χ4n) is 3.09. The molecule has 5 nitrogen and oxygen atoms in total. The van der Waals surface area contributed by atoms with Crippen molar-refractivity contribution >= 4 is 21.6 Å². The number of thiophene rings is 1. The molecule has 0 aliphatic carbocycles. The van der Waals surface area contributed by atoms with Gasteiger partial charge in [0.25, 0.3) is 5.56 Å². The minimum Gasteiger partial charge on any atom is -0.376 e. The lowest BCUT2D eigenvalue weighted by molar-refractivity contribution is 0.0960. The third-order valence-corrected chi connectivity index (χ3v) is 5.26. The van der Waals surface area contributed by atoms with Gasteiger partial charge in [0.05, 0.1) is 24.4 Å². The van der Waals surface area contributed by atoms with Crippen molar-refractivity contribution < 1.29 is 4.74 Å². The molecular weight excluding hydrogens is 274 g/mol. The van der Waals surface area contributed by atoms with Gasteiger partial charge in [-0.1, -0.05) is 0 Å². The second kappa shape index (κ2) is 4.95. The van der Waals surface area contributed by atoms with Crippen LogP contribution in [0.25, 0.3) is 10.2 Å². The third kappa shape index (κ3) is 1.99. The third-order valence-electron chi connectivity index (χ3n) is 4.12. The molecule has 2 aromatic rings. The van der Waals surface area contributed by atoms with Crippen molar-refractivity contribution in [2.45, 2.75) is 38.5 Å². The first kappa shape index (κ1) is 12.5. The first-order valence-electron chi connectivity index (χ1n) is 7.15. The van der Waals surface area contributed by atoms with E-state index in [1.807, 2.05) is 0 Å². The molecule has 1 atom stereocenters. The van der Waals surface area contributed by atoms with Crippen molar-refractivity contribution in [1.82, 2.24) is 14.9 Å². The van der Waals surface area contributed by atoms with Crippen molar-refractivity contribution in [3.63, 3.8) is 0 Å².